The van der Waals surface area contributed by atoms with Crippen LogP contribution in [0.15, 0.2) is 36.8 Å². The number of hydrogen-bond donors (Lipinski definition) is 0. The molecule has 3 aliphatic rings. The van der Waals surface area contributed by atoms with Crippen molar-refractivity contribution in [2.75, 3.05) is 13.1 Å². The van der Waals surface area contributed by atoms with Crippen LogP contribution in [0.2, 0.25) is 0 Å². The number of piperazine rings is 1. The first-order chi connectivity index (χ1) is 12.8. The maximum absolute atomic E-state index is 13.3. The van der Waals surface area contributed by atoms with Crippen molar-refractivity contribution in [2.24, 2.45) is 0 Å². The van der Waals surface area contributed by atoms with E-state index in [0.29, 0.717) is 25.2 Å². The normalized spacial score (nSPS) is 22.4. The third kappa shape index (κ3) is 3.51. The average Bonchev–Trinajstić information content (AvgIpc) is 2.61. The highest BCUT2D eigenvalue weighted by Gasteiger charge is 2.47. The first kappa shape index (κ1) is 17.8. The molecular weight excluding hydrogens is 364 g/mol. The second-order valence-electron chi connectivity index (χ2n) is 6.89. The van der Waals surface area contributed by atoms with E-state index in [9.17, 15) is 22.4 Å². The Labute approximate surface area is 152 Å². The number of piperidine rings is 1. The van der Waals surface area contributed by atoms with E-state index in [2.05, 4.69) is 14.9 Å². The van der Waals surface area contributed by atoms with Gasteiger partial charge in [-0.05, 0) is 24.1 Å². The number of pyridine rings is 2. The van der Waals surface area contributed by atoms with E-state index in [-0.39, 0.29) is 23.6 Å². The largest absolute Gasteiger partial charge is 0.433 e. The molecule has 0 spiro atoms. The maximum atomic E-state index is 13.3. The number of rotatable bonds is 3. The Bertz CT molecular complexity index is 843. The number of carbonyl (C=O) groups is 1. The van der Waals surface area contributed by atoms with Crippen LogP contribution in [0.5, 0.6) is 0 Å². The van der Waals surface area contributed by atoms with Gasteiger partial charge < -0.3 is 4.90 Å². The van der Waals surface area contributed by atoms with E-state index < -0.39 is 17.7 Å². The SMILES string of the molecule is O=C(c1cncc(F)c1)N1C2CC1CN(Cc1ccc(C(F)(F)F)nc1)C2. The third-order valence-corrected chi connectivity index (χ3v) is 4.98. The molecule has 142 valence electrons. The highest BCUT2D eigenvalue weighted by atomic mass is 19.4. The Kier molecular flexibility index (Phi) is 4.33. The second-order valence-corrected chi connectivity index (χ2v) is 6.89. The molecule has 9 heteroatoms. The lowest BCUT2D eigenvalue weighted by Gasteiger charge is -2.56. The Hall–Kier alpha value is -2.55. The van der Waals surface area contributed by atoms with Gasteiger partial charge in [0.25, 0.3) is 5.91 Å². The topological polar surface area (TPSA) is 49.3 Å². The van der Waals surface area contributed by atoms with Gasteiger partial charge in [-0.25, -0.2) is 4.39 Å². The van der Waals surface area contributed by atoms with Crippen LogP contribution in [0.25, 0.3) is 0 Å². The molecule has 5 heterocycles. The summed E-state index contributed by atoms with van der Waals surface area (Å²) >= 11 is 0. The van der Waals surface area contributed by atoms with E-state index in [4.69, 9.17) is 0 Å². The molecular formula is C18H16F4N4O. The molecule has 2 aromatic heterocycles. The third-order valence-electron chi connectivity index (χ3n) is 4.98. The zero-order chi connectivity index (χ0) is 19.2. The molecule has 1 amide bonds. The average molecular weight is 380 g/mol. The van der Waals surface area contributed by atoms with Gasteiger partial charge in [0.1, 0.15) is 11.5 Å². The Morgan fingerprint density at radius 1 is 1.15 bits per heavy atom. The first-order valence-electron chi connectivity index (χ1n) is 8.49. The standard InChI is InChI=1S/C18H16F4N4O/c19-13-3-12(6-23-7-13)17(27)26-14-4-15(26)10-25(9-14)8-11-1-2-16(24-5-11)18(20,21)22/h1-3,5-7,14-15H,4,8-10H2. The highest BCUT2D eigenvalue weighted by Crippen LogP contribution is 2.34. The molecule has 3 saturated heterocycles. The fourth-order valence-electron chi connectivity index (χ4n) is 3.78. The monoisotopic (exact) mass is 380 g/mol. The zero-order valence-corrected chi connectivity index (χ0v) is 14.2. The van der Waals surface area contributed by atoms with Crippen LogP contribution in [0.3, 0.4) is 0 Å². The summed E-state index contributed by atoms with van der Waals surface area (Å²) < 4.78 is 51.0. The number of nitrogens with zero attached hydrogens (tertiary/aromatic N) is 4. The minimum absolute atomic E-state index is 0.0157. The summed E-state index contributed by atoms with van der Waals surface area (Å²) in [6.07, 6.45) is 0.0667. The highest BCUT2D eigenvalue weighted by molar-refractivity contribution is 5.95. The van der Waals surface area contributed by atoms with Crippen molar-refractivity contribution in [3.63, 3.8) is 0 Å². The van der Waals surface area contributed by atoms with Crippen molar-refractivity contribution in [2.45, 2.75) is 31.2 Å². The number of fused-ring (bicyclic) bond motifs is 2. The van der Waals surface area contributed by atoms with E-state index in [0.717, 1.165) is 18.7 Å². The van der Waals surface area contributed by atoms with Crippen molar-refractivity contribution >= 4 is 5.91 Å². The minimum Gasteiger partial charge on any atom is -0.330 e. The van der Waals surface area contributed by atoms with Gasteiger partial charge in [0.2, 0.25) is 0 Å². The summed E-state index contributed by atoms with van der Waals surface area (Å²) in [5.74, 6) is -0.790. The summed E-state index contributed by atoms with van der Waals surface area (Å²) in [5, 5.41) is 0. The summed E-state index contributed by atoms with van der Waals surface area (Å²) in [7, 11) is 0. The van der Waals surface area contributed by atoms with Crippen molar-refractivity contribution in [3.05, 3.63) is 59.4 Å². The molecule has 2 bridgehead atoms. The van der Waals surface area contributed by atoms with Crippen molar-refractivity contribution in [1.29, 1.82) is 0 Å². The Morgan fingerprint density at radius 2 is 1.89 bits per heavy atom. The van der Waals surface area contributed by atoms with Crippen molar-refractivity contribution in [1.82, 2.24) is 19.8 Å². The predicted molar refractivity (Wildman–Crippen MR) is 87.1 cm³/mol. The van der Waals surface area contributed by atoms with E-state index in [1.807, 2.05) is 0 Å². The molecule has 0 aliphatic carbocycles. The van der Waals surface area contributed by atoms with Gasteiger partial charge in [-0.2, -0.15) is 13.2 Å². The van der Waals surface area contributed by atoms with E-state index in [1.165, 1.54) is 24.5 Å². The molecule has 0 aromatic carbocycles. The molecule has 27 heavy (non-hydrogen) atoms. The zero-order valence-electron chi connectivity index (χ0n) is 14.2. The maximum Gasteiger partial charge on any atom is 0.433 e. The smallest absolute Gasteiger partial charge is 0.330 e. The van der Waals surface area contributed by atoms with Crippen molar-refractivity contribution < 1.29 is 22.4 Å². The Balaban J connectivity index is 1.38. The van der Waals surface area contributed by atoms with E-state index in [1.54, 1.807) is 4.90 Å². The Morgan fingerprint density at radius 3 is 2.48 bits per heavy atom. The number of carbonyl (C=O) groups excluding carboxylic acids is 1. The van der Waals surface area contributed by atoms with Gasteiger partial charge in [0.15, 0.2) is 0 Å². The number of alkyl halides is 3. The van der Waals surface area contributed by atoms with Crippen LogP contribution in [0.4, 0.5) is 17.6 Å². The van der Waals surface area contributed by atoms with Crippen LogP contribution < -0.4 is 0 Å². The minimum atomic E-state index is -4.45. The second kappa shape index (κ2) is 6.56. The molecule has 2 aromatic rings. The summed E-state index contributed by atoms with van der Waals surface area (Å²) in [6.45, 7) is 1.71. The molecule has 0 saturated carbocycles. The molecule has 0 N–H and O–H groups in total. The summed E-state index contributed by atoms with van der Waals surface area (Å²) in [4.78, 5) is 23.6. The fraction of sp³-hybridized carbons (Fsp3) is 0.389. The quantitative estimate of drug-likeness (QED) is 0.769. The number of halogens is 4. The van der Waals surface area contributed by atoms with Gasteiger partial charge in [-0.1, -0.05) is 6.07 Å². The van der Waals surface area contributed by atoms with E-state index >= 15 is 0 Å². The lowest BCUT2D eigenvalue weighted by Crippen LogP contribution is -2.69. The molecule has 0 radical (unpaired) electrons. The molecule has 3 aliphatic heterocycles. The molecule has 3 fully saturated rings. The fourth-order valence-corrected chi connectivity index (χ4v) is 3.78. The molecule has 5 rings (SSSR count). The first-order valence-corrected chi connectivity index (χ1v) is 8.49. The van der Waals surface area contributed by atoms with Crippen LogP contribution in [0.1, 0.15) is 28.0 Å². The van der Waals surface area contributed by atoms with Crippen LogP contribution in [-0.2, 0) is 12.7 Å². The lowest BCUT2D eigenvalue weighted by molar-refractivity contribution is -0.141. The summed E-state index contributed by atoms with van der Waals surface area (Å²) in [6, 6.07) is 3.61. The lowest BCUT2D eigenvalue weighted by atomic mass is 9.86. The van der Waals surface area contributed by atoms with Crippen molar-refractivity contribution in [3.8, 4) is 0 Å². The molecule has 5 nitrogen and oxygen atoms in total. The predicted octanol–water partition coefficient (Wildman–Crippen LogP) is 2.73. The number of aromatic nitrogens is 2. The van der Waals surface area contributed by atoms with Gasteiger partial charge in [-0.15, -0.1) is 0 Å². The molecule has 2 atom stereocenters. The van der Waals surface area contributed by atoms with Crippen LogP contribution in [-0.4, -0.2) is 50.8 Å². The van der Waals surface area contributed by atoms with Gasteiger partial charge >= 0.3 is 6.18 Å². The van der Waals surface area contributed by atoms with Gasteiger partial charge in [0, 0.05) is 44.1 Å². The van der Waals surface area contributed by atoms with Crippen LogP contribution >= 0.6 is 0 Å². The number of hydrogen-bond acceptors (Lipinski definition) is 4. The van der Waals surface area contributed by atoms with Crippen LogP contribution in [0, 0.1) is 5.82 Å². The van der Waals surface area contributed by atoms with Gasteiger partial charge in [0.05, 0.1) is 11.8 Å². The molecule has 2 unspecified atom stereocenters. The number of amides is 1. The summed E-state index contributed by atoms with van der Waals surface area (Å²) in [5.41, 5.74) is 0.00909. The van der Waals surface area contributed by atoms with Gasteiger partial charge in [-0.3, -0.25) is 19.7 Å².